The SMILES string of the molecule is CCC[NH+](CC(=O)Nc1cc(OC)ccc1OC)Cc1nnc(-c2cccs2)o1. The molecule has 8 nitrogen and oxygen atoms in total. The van der Waals surface area contributed by atoms with Crippen molar-refractivity contribution in [2.24, 2.45) is 0 Å². The van der Waals surface area contributed by atoms with E-state index < -0.39 is 0 Å². The molecule has 1 aromatic carbocycles. The molecule has 0 saturated carbocycles. The Balaban J connectivity index is 1.65. The minimum Gasteiger partial charge on any atom is -0.497 e. The standard InChI is InChI=1S/C20H24N4O4S/c1-4-9-24(13-19-22-23-20(28-19)17-6-5-10-29-17)12-18(25)21-15-11-14(26-2)7-8-16(15)27-3/h5-8,10-11H,4,9,12-13H2,1-3H3,(H,21,25)/p+1. The van der Waals surface area contributed by atoms with Crippen LogP contribution in [0.15, 0.2) is 40.1 Å². The Morgan fingerprint density at radius 1 is 1.24 bits per heavy atom. The minimum absolute atomic E-state index is 0.127. The van der Waals surface area contributed by atoms with E-state index in [1.54, 1.807) is 43.8 Å². The van der Waals surface area contributed by atoms with Crippen molar-refractivity contribution in [2.45, 2.75) is 19.9 Å². The third-order valence-electron chi connectivity index (χ3n) is 4.29. The second-order valence-corrected chi connectivity index (χ2v) is 7.39. The van der Waals surface area contributed by atoms with Gasteiger partial charge in [-0.15, -0.1) is 21.5 Å². The Morgan fingerprint density at radius 3 is 2.79 bits per heavy atom. The van der Waals surface area contributed by atoms with Gasteiger partial charge in [0.1, 0.15) is 11.5 Å². The average molecular weight is 418 g/mol. The molecule has 9 heteroatoms. The molecule has 29 heavy (non-hydrogen) atoms. The lowest BCUT2D eigenvalue weighted by Gasteiger charge is -2.17. The number of nitrogens with one attached hydrogen (secondary N) is 2. The van der Waals surface area contributed by atoms with Crippen molar-refractivity contribution in [3.8, 4) is 22.3 Å². The van der Waals surface area contributed by atoms with Crippen LogP contribution in [0.25, 0.3) is 10.8 Å². The number of amides is 1. The summed E-state index contributed by atoms with van der Waals surface area (Å²) in [7, 11) is 3.14. The molecule has 1 amide bonds. The van der Waals surface area contributed by atoms with Crippen LogP contribution in [0.1, 0.15) is 19.2 Å². The van der Waals surface area contributed by atoms with E-state index in [9.17, 15) is 4.79 Å². The number of hydrogen-bond acceptors (Lipinski definition) is 7. The lowest BCUT2D eigenvalue weighted by molar-refractivity contribution is -0.907. The van der Waals surface area contributed by atoms with E-state index in [4.69, 9.17) is 13.9 Å². The van der Waals surface area contributed by atoms with Crippen LogP contribution in [0.4, 0.5) is 5.69 Å². The number of carbonyl (C=O) groups excluding carboxylic acids is 1. The van der Waals surface area contributed by atoms with Crippen molar-refractivity contribution in [2.75, 3.05) is 32.6 Å². The molecule has 1 unspecified atom stereocenters. The van der Waals surface area contributed by atoms with Gasteiger partial charge in [0.05, 0.1) is 31.3 Å². The van der Waals surface area contributed by atoms with Crippen LogP contribution in [0.3, 0.4) is 0 Å². The fourth-order valence-electron chi connectivity index (χ4n) is 2.96. The number of carbonyl (C=O) groups is 1. The van der Waals surface area contributed by atoms with Crippen LogP contribution in [0.2, 0.25) is 0 Å². The van der Waals surface area contributed by atoms with Gasteiger partial charge in [-0.05, 0) is 30.0 Å². The van der Waals surface area contributed by atoms with Crippen LogP contribution in [0.5, 0.6) is 11.5 Å². The van der Waals surface area contributed by atoms with Gasteiger partial charge in [0.25, 0.3) is 17.7 Å². The number of methoxy groups -OCH3 is 2. The van der Waals surface area contributed by atoms with Gasteiger partial charge in [-0.3, -0.25) is 4.79 Å². The summed E-state index contributed by atoms with van der Waals surface area (Å²) in [5.41, 5.74) is 0.575. The van der Waals surface area contributed by atoms with E-state index in [0.29, 0.717) is 35.5 Å². The van der Waals surface area contributed by atoms with Gasteiger partial charge in [0.15, 0.2) is 13.1 Å². The maximum Gasteiger partial charge on any atom is 0.279 e. The maximum absolute atomic E-state index is 12.7. The zero-order valence-electron chi connectivity index (χ0n) is 16.7. The van der Waals surface area contributed by atoms with Gasteiger partial charge in [0.2, 0.25) is 0 Å². The molecule has 0 bridgehead atoms. The van der Waals surface area contributed by atoms with Crippen molar-refractivity contribution in [1.29, 1.82) is 0 Å². The molecule has 0 fully saturated rings. The molecule has 2 heterocycles. The van der Waals surface area contributed by atoms with Crippen LogP contribution in [-0.4, -0.2) is 43.4 Å². The Kier molecular flexibility index (Phi) is 7.20. The lowest BCUT2D eigenvalue weighted by atomic mass is 10.2. The number of rotatable bonds is 10. The van der Waals surface area contributed by atoms with Crippen molar-refractivity contribution < 1.29 is 23.6 Å². The smallest absolute Gasteiger partial charge is 0.279 e. The molecule has 2 N–H and O–H groups in total. The molecule has 0 radical (unpaired) electrons. The van der Waals surface area contributed by atoms with Crippen molar-refractivity contribution >= 4 is 22.9 Å². The summed E-state index contributed by atoms with van der Waals surface area (Å²) in [5, 5.41) is 13.1. The summed E-state index contributed by atoms with van der Waals surface area (Å²) >= 11 is 1.55. The van der Waals surface area contributed by atoms with Crippen molar-refractivity contribution in [3.05, 3.63) is 41.6 Å². The predicted molar refractivity (Wildman–Crippen MR) is 110 cm³/mol. The van der Waals surface area contributed by atoms with Crippen molar-refractivity contribution in [1.82, 2.24) is 10.2 Å². The van der Waals surface area contributed by atoms with E-state index in [2.05, 4.69) is 22.4 Å². The molecule has 3 rings (SSSR count). The number of ether oxygens (including phenoxy) is 2. The van der Waals surface area contributed by atoms with Crippen LogP contribution in [-0.2, 0) is 11.3 Å². The molecule has 0 spiro atoms. The van der Waals surface area contributed by atoms with Crippen LogP contribution >= 0.6 is 11.3 Å². The van der Waals surface area contributed by atoms with Gasteiger partial charge in [-0.1, -0.05) is 13.0 Å². The van der Waals surface area contributed by atoms with Crippen LogP contribution in [0, 0.1) is 0 Å². The molecule has 154 valence electrons. The highest BCUT2D eigenvalue weighted by Gasteiger charge is 2.20. The highest BCUT2D eigenvalue weighted by Crippen LogP contribution is 2.28. The fourth-order valence-corrected chi connectivity index (χ4v) is 3.61. The van der Waals surface area contributed by atoms with Gasteiger partial charge in [0, 0.05) is 6.07 Å². The minimum atomic E-state index is -0.127. The van der Waals surface area contributed by atoms with Gasteiger partial charge in [-0.2, -0.15) is 0 Å². The fraction of sp³-hybridized carbons (Fsp3) is 0.350. The summed E-state index contributed by atoms with van der Waals surface area (Å²) in [5.74, 6) is 2.12. The van der Waals surface area contributed by atoms with E-state index in [1.165, 1.54) is 0 Å². The summed E-state index contributed by atoms with van der Waals surface area (Å²) in [6, 6.07) is 9.16. The van der Waals surface area contributed by atoms with E-state index in [0.717, 1.165) is 22.7 Å². The third-order valence-corrected chi connectivity index (χ3v) is 5.15. The van der Waals surface area contributed by atoms with Crippen molar-refractivity contribution in [3.63, 3.8) is 0 Å². The molecule has 0 saturated heterocycles. The third kappa shape index (κ3) is 5.55. The Labute approximate surface area is 173 Å². The number of thiophene rings is 1. The molecule has 1 atom stereocenters. The van der Waals surface area contributed by atoms with Crippen LogP contribution < -0.4 is 19.7 Å². The molecule has 3 aromatic rings. The predicted octanol–water partition coefficient (Wildman–Crippen LogP) is 2.25. The monoisotopic (exact) mass is 417 g/mol. The molecular weight excluding hydrogens is 392 g/mol. The van der Waals surface area contributed by atoms with Gasteiger partial charge < -0.3 is 24.1 Å². The summed E-state index contributed by atoms with van der Waals surface area (Å²) in [6.07, 6.45) is 0.928. The number of aromatic nitrogens is 2. The number of hydrogen-bond donors (Lipinski definition) is 2. The van der Waals surface area contributed by atoms with Gasteiger partial charge in [-0.25, -0.2) is 0 Å². The average Bonchev–Trinajstić information content (AvgIpc) is 3.39. The molecule has 2 aromatic heterocycles. The van der Waals surface area contributed by atoms with E-state index in [-0.39, 0.29) is 12.5 Å². The Hall–Kier alpha value is -2.91. The first-order chi connectivity index (χ1) is 14.1. The molecule has 0 aliphatic carbocycles. The zero-order chi connectivity index (χ0) is 20.6. The number of quaternary nitrogens is 1. The second kappa shape index (κ2) is 10.0. The largest absolute Gasteiger partial charge is 0.497 e. The topological polar surface area (TPSA) is 90.9 Å². The first-order valence-electron chi connectivity index (χ1n) is 9.34. The zero-order valence-corrected chi connectivity index (χ0v) is 17.5. The summed E-state index contributed by atoms with van der Waals surface area (Å²) in [6.45, 7) is 3.63. The molecule has 0 aliphatic heterocycles. The van der Waals surface area contributed by atoms with E-state index in [1.807, 2.05) is 17.5 Å². The van der Waals surface area contributed by atoms with E-state index >= 15 is 0 Å². The second-order valence-electron chi connectivity index (χ2n) is 6.45. The summed E-state index contributed by atoms with van der Waals surface area (Å²) < 4.78 is 16.3. The summed E-state index contributed by atoms with van der Waals surface area (Å²) in [4.78, 5) is 14.6. The highest BCUT2D eigenvalue weighted by atomic mass is 32.1. The number of benzene rings is 1. The maximum atomic E-state index is 12.7. The molecular formula is C20H25N4O4S+. The number of anilines is 1. The quantitative estimate of drug-likeness (QED) is 0.526. The lowest BCUT2D eigenvalue weighted by Crippen LogP contribution is -3.11. The Morgan fingerprint density at radius 2 is 2.10 bits per heavy atom. The first-order valence-corrected chi connectivity index (χ1v) is 10.2. The number of nitrogens with zero attached hydrogens (tertiary/aromatic N) is 2. The Bertz CT molecular complexity index is 926. The first kappa shape index (κ1) is 20.8. The normalized spacial score (nSPS) is 11.8. The molecule has 0 aliphatic rings. The van der Waals surface area contributed by atoms with Gasteiger partial charge >= 0.3 is 0 Å². The highest BCUT2D eigenvalue weighted by molar-refractivity contribution is 7.13.